The molecule has 0 aliphatic rings. The molecule has 26 heavy (non-hydrogen) atoms. The highest BCUT2D eigenvalue weighted by Crippen LogP contribution is 2.23. The third kappa shape index (κ3) is 4.97. The van der Waals surface area contributed by atoms with Crippen LogP contribution < -0.4 is 4.74 Å². The van der Waals surface area contributed by atoms with Crippen molar-refractivity contribution < 1.29 is 22.7 Å². The van der Waals surface area contributed by atoms with Crippen LogP contribution in [0.15, 0.2) is 47.4 Å². The maximum absolute atomic E-state index is 12.2. The molecule has 6 nitrogen and oxygen atoms in total. The Hall–Kier alpha value is -2.09. The summed E-state index contributed by atoms with van der Waals surface area (Å²) < 4.78 is 36.0. The van der Waals surface area contributed by atoms with Crippen molar-refractivity contribution in [3.8, 4) is 5.75 Å². The van der Waals surface area contributed by atoms with E-state index in [4.69, 9.17) is 21.1 Å². The molecule has 0 amide bonds. The van der Waals surface area contributed by atoms with Crippen LogP contribution >= 0.6 is 11.6 Å². The molecular weight excluding hydrogens is 378 g/mol. The zero-order valence-corrected chi connectivity index (χ0v) is 16.3. The summed E-state index contributed by atoms with van der Waals surface area (Å²) in [5.74, 6) is -0.0398. The molecule has 2 rings (SSSR count). The highest BCUT2D eigenvalue weighted by Gasteiger charge is 2.21. The third-order valence-corrected chi connectivity index (χ3v) is 5.68. The van der Waals surface area contributed by atoms with Gasteiger partial charge in [-0.1, -0.05) is 29.3 Å². The molecule has 0 aliphatic heterocycles. The van der Waals surface area contributed by atoms with Crippen molar-refractivity contribution in [2.24, 2.45) is 0 Å². The predicted octanol–water partition coefficient (Wildman–Crippen LogP) is 3.13. The van der Waals surface area contributed by atoms with Gasteiger partial charge in [0, 0.05) is 14.1 Å². The van der Waals surface area contributed by atoms with Gasteiger partial charge in [-0.05, 0) is 37.3 Å². The lowest BCUT2D eigenvalue weighted by molar-refractivity contribution is 0.0450. The zero-order chi connectivity index (χ0) is 19.3. The Kier molecular flexibility index (Phi) is 6.63. The summed E-state index contributed by atoms with van der Waals surface area (Å²) in [4.78, 5) is 12.2. The van der Waals surface area contributed by atoms with Crippen molar-refractivity contribution in [3.63, 3.8) is 0 Å². The monoisotopic (exact) mass is 397 g/mol. The third-order valence-electron chi connectivity index (χ3n) is 3.54. The van der Waals surface area contributed by atoms with Gasteiger partial charge in [0.2, 0.25) is 10.0 Å². The minimum absolute atomic E-state index is 0.00764. The molecule has 8 heteroatoms. The summed E-state index contributed by atoms with van der Waals surface area (Å²) in [6.45, 7) is 2.15. The van der Waals surface area contributed by atoms with E-state index in [2.05, 4.69) is 0 Å². The number of hydrogen-bond acceptors (Lipinski definition) is 5. The SMILES string of the molecule is Cc1ccc(OCCOC(=O)c2cc(S(=O)(=O)N(C)C)ccc2Cl)cc1. The topological polar surface area (TPSA) is 72.9 Å². The Bertz CT molecular complexity index is 879. The second kappa shape index (κ2) is 8.53. The number of nitrogens with zero attached hydrogens (tertiary/aromatic N) is 1. The first kappa shape index (κ1) is 20.2. The molecule has 0 saturated heterocycles. The van der Waals surface area contributed by atoms with Crippen molar-refractivity contribution in [1.82, 2.24) is 4.31 Å². The molecule has 0 spiro atoms. The van der Waals surface area contributed by atoms with E-state index in [1.165, 1.54) is 32.3 Å². The van der Waals surface area contributed by atoms with Gasteiger partial charge >= 0.3 is 5.97 Å². The smallest absolute Gasteiger partial charge is 0.339 e. The summed E-state index contributed by atoms with van der Waals surface area (Å²) in [5.41, 5.74) is 1.11. The average Bonchev–Trinajstić information content (AvgIpc) is 2.60. The number of rotatable bonds is 7. The summed E-state index contributed by atoms with van der Waals surface area (Å²) in [6, 6.07) is 11.4. The molecule has 0 fully saturated rings. The standard InChI is InChI=1S/C18H20ClNO5S/c1-13-4-6-14(7-5-13)24-10-11-25-18(21)16-12-15(8-9-17(16)19)26(22,23)20(2)3/h4-9,12H,10-11H2,1-3H3. The molecule has 0 radical (unpaired) electrons. The van der Waals surface area contributed by atoms with E-state index in [1.54, 1.807) is 0 Å². The normalized spacial score (nSPS) is 11.4. The fraction of sp³-hybridized carbons (Fsp3) is 0.278. The van der Waals surface area contributed by atoms with Gasteiger partial charge in [0.05, 0.1) is 15.5 Å². The van der Waals surface area contributed by atoms with Crippen LogP contribution in [0.2, 0.25) is 5.02 Å². The van der Waals surface area contributed by atoms with Gasteiger partial charge in [-0.3, -0.25) is 0 Å². The van der Waals surface area contributed by atoms with Crippen LogP contribution in [0.25, 0.3) is 0 Å². The van der Waals surface area contributed by atoms with Crippen LogP contribution in [0.4, 0.5) is 0 Å². The molecule has 0 saturated carbocycles. The number of sulfonamides is 1. The van der Waals surface area contributed by atoms with E-state index in [9.17, 15) is 13.2 Å². The largest absolute Gasteiger partial charge is 0.490 e. The number of carbonyl (C=O) groups is 1. The summed E-state index contributed by atoms with van der Waals surface area (Å²) in [7, 11) is -0.858. The lowest BCUT2D eigenvalue weighted by atomic mass is 10.2. The Labute approximate surface area is 158 Å². The molecule has 0 aromatic heterocycles. The molecule has 2 aromatic carbocycles. The lowest BCUT2D eigenvalue weighted by Crippen LogP contribution is -2.22. The first-order chi connectivity index (χ1) is 12.2. The Morgan fingerprint density at radius 2 is 1.73 bits per heavy atom. The second-order valence-corrected chi connectivity index (χ2v) is 8.29. The van der Waals surface area contributed by atoms with Crippen molar-refractivity contribution in [2.75, 3.05) is 27.3 Å². The van der Waals surface area contributed by atoms with Crippen LogP contribution in [-0.2, 0) is 14.8 Å². The van der Waals surface area contributed by atoms with Crippen LogP contribution in [0.3, 0.4) is 0 Å². The summed E-state index contributed by atoms with van der Waals surface area (Å²) in [6.07, 6.45) is 0. The minimum atomic E-state index is -3.67. The maximum atomic E-state index is 12.2. The molecule has 0 heterocycles. The van der Waals surface area contributed by atoms with Gasteiger partial charge in [0.15, 0.2) is 0 Å². The number of halogens is 1. The highest BCUT2D eigenvalue weighted by atomic mass is 35.5. The van der Waals surface area contributed by atoms with Crippen LogP contribution in [-0.4, -0.2) is 46.0 Å². The number of hydrogen-bond donors (Lipinski definition) is 0. The molecule has 140 valence electrons. The Balaban J connectivity index is 1.99. The van der Waals surface area contributed by atoms with E-state index in [-0.39, 0.29) is 28.7 Å². The fourth-order valence-electron chi connectivity index (χ4n) is 2.04. The second-order valence-electron chi connectivity index (χ2n) is 5.73. The maximum Gasteiger partial charge on any atom is 0.339 e. The van der Waals surface area contributed by atoms with E-state index >= 15 is 0 Å². The Morgan fingerprint density at radius 1 is 1.08 bits per heavy atom. The molecule has 0 atom stereocenters. The van der Waals surface area contributed by atoms with Gasteiger partial charge < -0.3 is 9.47 Å². The molecule has 0 unspecified atom stereocenters. The van der Waals surface area contributed by atoms with Crippen molar-refractivity contribution in [2.45, 2.75) is 11.8 Å². The Morgan fingerprint density at radius 3 is 2.35 bits per heavy atom. The first-order valence-corrected chi connectivity index (χ1v) is 9.62. The number of benzene rings is 2. The predicted molar refractivity (Wildman–Crippen MR) is 99.3 cm³/mol. The quantitative estimate of drug-likeness (QED) is 0.530. The molecule has 0 bridgehead atoms. The van der Waals surface area contributed by atoms with Gasteiger partial charge in [-0.15, -0.1) is 0 Å². The van der Waals surface area contributed by atoms with Crippen LogP contribution in [0.5, 0.6) is 5.75 Å². The van der Waals surface area contributed by atoms with Gasteiger partial charge in [0.1, 0.15) is 19.0 Å². The number of carbonyl (C=O) groups excluding carboxylic acids is 1. The van der Waals surface area contributed by atoms with Crippen LogP contribution in [0.1, 0.15) is 15.9 Å². The average molecular weight is 398 g/mol. The number of ether oxygens (including phenoxy) is 2. The lowest BCUT2D eigenvalue weighted by Gasteiger charge is -2.13. The fourth-order valence-corrected chi connectivity index (χ4v) is 3.16. The van der Waals surface area contributed by atoms with E-state index in [0.29, 0.717) is 5.75 Å². The highest BCUT2D eigenvalue weighted by molar-refractivity contribution is 7.89. The summed E-state index contributed by atoms with van der Waals surface area (Å²) in [5, 5.41) is 0.118. The van der Waals surface area contributed by atoms with E-state index < -0.39 is 16.0 Å². The molecule has 0 N–H and O–H groups in total. The van der Waals surface area contributed by atoms with Gasteiger partial charge in [-0.25, -0.2) is 17.5 Å². The molecular formula is C18H20ClNO5S. The zero-order valence-electron chi connectivity index (χ0n) is 14.7. The molecule has 2 aromatic rings. The van der Waals surface area contributed by atoms with Crippen molar-refractivity contribution in [3.05, 3.63) is 58.6 Å². The van der Waals surface area contributed by atoms with Crippen LogP contribution in [0, 0.1) is 6.92 Å². The van der Waals surface area contributed by atoms with Crippen molar-refractivity contribution >= 4 is 27.6 Å². The number of esters is 1. The summed E-state index contributed by atoms with van der Waals surface area (Å²) >= 11 is 6.00. The van der Waals surface area contributed by atoms with E-state index in [0.717, 1.165) is 9.87 Å². The number of aryl methyl sites for hydroxylation is 1. The van der Waals surface area contributed by atoms with E-state index in [1.807, 2.05) is 31.2 Å². The first-order valence-electron chi connectivity index (χ1n) is 7.80. The van der Waals surface area contributed by atoms with Gasteiger partial charge in [0.25, 0.3) is 0 Å². The molecule has 0 aliphatic carbocycles. The van der Waals surface area contributed by atoms with Crippen molar-refractivity contribution in [1.29, 1.82) is 0 Å². The van der Waals surface area contributed by atoms with Gasteiger partial charge in [-0.2, -0.15) is 0 Å². The minimum Gasteiger partial charge on any atom is -0.490 e.